The summed E-state index contributed by atoms with van der Waals surface area (Å²) in [6.45, 7) is 6.18. The highest BCUT2D eigenvalue weighted by Gasteiger charge is 2.22. The summed E-state index contributed by atoms with van der Waals surface area (Å²) in [6, 6.07) is 15.8. The number of rotatable bonds is 7. The van der Waals surface area contributed by atoms with Gasteiger partial charge in [0.25, 0.3) is 0 Å². The van der Waals surface area contributed by atoms with Gasteiger partial charge in [0, 0.05) is 5.69 Å². The summed E-state index contributed by atoms with van der Waals surface area (Å²) in [4.78, 5) is 20.7. The Morgan fingerprint density at radius 1 is 1.17 bits per heavy atom. The number of hydrogen-bond donors (Lipinski definition) is 2. The molecule has 0 aliphatic heterocycles. The molecule has 0 aliphatic carbocycles. The number of thioether (sulfide) groups is 1. The van der Waals surface area contributed by atoms with Crippen LogP contribution in [0.2, 0.25) is 0 Å². The first kappa shape index (κ1) is 20.2. The average molecular weight is 421 g/mol. The number of aryl methyl sites for hydroxylation is 1. The molecule has 0 saturated carbocycles. The zero-order valence-corrected chi connectivity index (χ0v) is 18.0. The van der Waals surface area contributed by atoms with E-state index in [4.69, 9.17) is 0 Å². The van der Waals surface area contributed by atoms with Crippen LogP contribution in [-0.4, -0.2) is 36.4 Å². The van der Waals surface area contributed by atoms with Crippen LogP contribution in [0.25, 0.3) is 16.7 Å². The summed E-state index contributed by atoms with van der Waals surface area (Å²) in [7, 11) is 0. The molecule has 2 N–H and O–H groups in total. The van der Waals surface area contributed by atoms with Crippen LogP contribution in [0, 0.1) is 12.8 Å². The van der Waals surface area contributed by atoms with Crippen molar-refractivity contribution in [3.8, 4) is 5.69 Å². The van der Waals surface area contributed by atoms with Gasteiger partial charge in [-0.05, 0) is 37.1 Å². The molecule has 0 saturated heterocycles. The molecule has 4 aromatic rings. The highest BCUT2D eigenvalue weighted by molar-refractivity contribution is 7.99. The lowest BCUT2D eigenvalue weighted by atomic mass is 10.0. The standard InChI is InChI=1S/C22H24N6OS/c1-14(2)20(21-24-17-6-4-5-7-18(17)25-21)26-19(29)12-30-22-27-23-13-28(22)16-10-8-15(3)9-11-16/h4-11,13-14,20H,12H2,1-3H3,(H,24,25)(H,26,29). The smallest absolute Gasteiger partial charge is 0.231 e. The Kier molecular flexibility index (Phi) is 5.85. The third kappa shape index (κ3) is 4.38. The fourth-order valence-corrected chi connectivity index (χ4v) is 3.96. The first-order chi connectivity index (χ1) is 14.5. The SMILES string of the molecule is Cc1ccc(-n2cnnc2SCC(=O)NC(c2nc3ccccc3[nH]2)C(C)C)cc1. The zero-order valence-electron chi connectivity index (χ0n) is 17.2. The molecule has 7 nitrogen and oxygen atoms in total. The minimum Gasteiger partial charge on any atom is -0.345 e. The Hall–Kier alpha value is -3.13. The number of aromatic nitrogens is 5. The van der Waals surface area contributed by atoms with Gasteiger partial charge in [-0.25, -0.2) is 4.98 Å². The first-order valence-corrected chi connectivity index (χ1v) is 10.8. The fraction of sp³-hybridized carbons (Fsp3) is 0.273. The van der Waals surface area contributed by atoms with Crippen molar-refractivity contribution in [2.75, 3.05) is 5.75 Å². The van der Waals surface area contributed by atoms with E-state index in [1.54, 1.807) is 6.33 Å². The average Bonchev–Trinajstić information content (AvgIpc) is 3.37. The van der Waals surface area contributed by atoms with E-state index in [2.05, 4.69) is 39.3 Å². The fourth-order valence-electron chi connectivity index (χ4n) is 3.22. The molecule has 2 aromatic heterocycles. The Labute approximate surface area is 179 Å². The third-order valence-corrected chi connectivity index (χ3v) is 5.79. The van der Waals surface area contributed by atoms with Crippen LogP contribution in [0.3, 0.4) is 0 Å². The number of carbonyl (C=O) groups excluding carboxylic acids is 1. The molecule has 8 heteroatoms. The lowest BCUT2D eigenvalue weighted by Gasteiger charge is -2.20. The molecule has 0 spiro atoms. The van der Waals surface area contributed by atoms with E-state index in [-0.39, 0.29) is 23.6 Å². The Balaban J connectivity index is 1.44. The van der Waals surface area contributed by atoms with Crippen molar-refractivity contribution >= 4 is 28.7 Å². The van der Waals surface area contributed by atoms with Crippen LogP contribution < -0.4 is 5.32 Å². The summed E-state index contributed by atoms with van der Waals surface area (Å²) in [5, 5.41) is 12.0. The van der Waals surface area contributed by atoms with Crippen molar-refractivity contribution in [3.05, 3.63) is 66.2 Å². The van der Waals surface area contributed by atoms with Gasteiger partial charge in [0.1, 0.15) is 12.2 Å². The molecular weight excluding hydrogens is 396 g/mol. The zero-order chi connectivity index (χ0) is 21.1. The Morgan fingerprint density at radius 3 is 2.67 bits per heavy atom. The lowest BCUT2D eigenvalue weighted by Crippen LogP contribution is -2.33. The maximum absolute atomic E-state index is 12.7. The molecular formula is C22H24N6OS. The van der Waals surface area contributed by atoms with Crippen molar-refractivity contribution in [2.24, 2.45) is 5.92 Å². The lowest BCUT2D eigenvalue weighted by molar-refractivity contribution is -0.119. The topological polar surface area (TPSA) is 88.5 Å². The number of amides is 1. The Bertz CT molecular complexity index is 1110. The first-order valence-electron chi connectivity index (χ1n) is 9.85. The van der Waals surface area contributed by atoms with Crippen LogP contribution in [0.1, 0.15) is 31.3 Å². The van der Waals surface area contributed by atoms with E-state index in [0.29, 0.717) is 5.16 Å². The molecule has 4 rings (SSSR count). The number of carbonyl (C=O) groups is 1. The summed E-state index contributed by atoms with van der Waals surface area (Å²) in [6.07, 6.45) is 1.66. The van der Waals surface area contributed by atoms with Crippen LogP contribution in [0.15, 0.2) is 60.0 Å². The number of H-pyrrole nitrogens is 1. The predicted molar refractivity (Wildman–Crippen MR) is 119 cm³/mol. The van der Waals surface area contributed by atoms with Gasteiger partial charge in [0.2, 0.25) is 5.91 Å². The van der Waals surface area contributed by atoms with Gasteiger partial charge in [-0.2, -0.15) is 0 Å². The minimum absolute atomic E-state index is 0.0717. The van der Waals surface area contributed by atoms with Crippen LogP contribution in [0.5, 0.6) is 0 Å². The second kappa shape index (κ2) is 8.71. The van der Waals surface area contributed by atoms with E-state index in [0.717, 1.165) is 22.5 Å². The number of hydrogen-bond acceptors (Lipinski definition) is 5. The molecule has 2 aromatic carbocycles. The summed E-state index contributed by atoms with van der Waals surface area (Å²) < 4.78 is 1.89. The van der Waals surface area contributed by atoms with Crippen molar-refractivity contribution in [2.45, 2.75) is 32.0 Å². The number of para-hydroxylation sites is 2. The van der Waals surface area contributed by atoms with Gasteiger partial charge < -0.3 is 10.3 Å². The molecule has 0 fully saturated rings. The third-order valence-electron chi connectivity index (χ3n) is 4.85. The molecule has 0 radical (unpaired) electrons. The van der Waals surface area contributed by atoms with E-state index in [1.165, 1.54) is 17.3 Å². The number of nitrogens with zero attached hydrogens (tertiary/aromatic N) is 4. The second-order valence-corrected chi connectivity index (χ2v) is 8.48. The number of imidazole rings is 1. The summed E-state index contributed by atoms with van der Waals surface area (Å²) in [5.41, 5.74) is 4.02. The van der Waals surface area contributed by atoms with E-state index in [1.807, 2.05) is 60.0 Å². The monoisotopic (exact) mass is 420 g/mol. The number of benzene rings is 2. The number of aromatic amines is 1. The number of fused-ring (bicyclic) bond motifs is 1. The van der Waals surface area contributed by atoms with Gasteiger partial charge in [-0.15, -0.1) is 10.2 Å². The van der Waals surface area contributed by atoms with Crippen molar-refractivity contribution < 1.29 is 4.79 Å². The quantitative estimate of drug-likeness (QED) is 0.440. The molecule has 30 heavy (non-hydrogen) atoms. The molecule has 154 valence electrons. The van der Waals surface area contributed by atoms with Gasteiger partial charge in [0.05, 0.1) is 22.8 Å². The van der Waals surface area contributed by atoms with Gasteiger partial charge in [-0.3, -0.25) is 9.36 Å². The molecule has 0 aliphatic rings. The normalized spacial score (nSPS) is 12.4. The van der Waals surface area contributed by atoms with Gasteiger partial charge in [-0.1, -0.05) is 55.4 Å². The van der Waals surface area contributed by atoms with Crippen molar-refractivity contribution in [3.63, 3.8) is 0 Å². The van der Waals surface area contributed by atoms with Crippen LogP contribution >= 0.6 is 11.8 Å². The van der Waals surface area contributed by atoms with Gasteiger partial charge >= 0.3 is 0 Å². The highest BCUT2D eigenvalue weighted by Crippen LogP contribution is 2.24. The van der Waals surface area contributed by atoms with Gasteiger partial charge in [0.15, 0.2) is 5.16 Å². The highest BCUT2D eigenvalue weighted by atomic mass is 32.2. The van der Waals surface area contributed by atoms with E-state index < -0.39 is 0 Å². The number of nitrogens with one attached hydrogen (secondary N) is 2. The Morgan fingerprint density at radius 2 is 1.93 bits per heavy atom. The van der Waals surface area contributed by atoms with Crippen molar-refractivity contribution in [1.29, 1.82) is 0 Å². The second-order valence-electron chi connectivity index (χ2n) is 7.54. The van der Waals surface area contributed by atoms with E-state index >= 15 is 0 Å². The maximum Gasteiger partial charge on any atom is 0.231 e. The van der Waals surface area contributed by atoms with Crippen molar-refractivity contribution in [1.82, 2.24) is 30.0 Å². The van der Waals surface area contributed by atoms with Crippen LogP contribution in [0.4, 0.5) is 0 Å². The largest absolute Gasteiger partial charge is 0.345 e. The summed E-state index contributed by atoms with van der Waals surface area (Å²) in [5.74, 6) is 1.13. The molecule has 1 atom stereocenters. The van der Waals surface area contributed by atoms with Crippen LogP contribution in [-0.2, 0) is 4.79 Å². The van der Waals surface area contributed by atoms with E-state index in [9.17, 15) is 4.79 Å². The minimum atomic E-state index is -0.194. The molecule has 2 heterocycles. The maximum atomic E-state index is 12.7. The molecule has 1 unspecified atom stereocenters. The summed E-state index contributed by atoms with van der Waals surface area (Å²) >= 11 is 1.36. The molecule has 1 amide bonds. The predicted octanol–water partition coefficient (Wildman–Crippen LogP) is 4.06. The molecule has 0 bridgehead atoms.